The average Bonchev–Trinajstić information content (AvgIpc) is 1.81. The van der Waals surface area contributed by atoms with Gasteiger partial charge in [0.25, 0.3) is 0 Å². The first-order chi connectivity index (χ1) is 5.81. The lowest BCUT2D eigenvalue weighted by atomic mass is 10.2. The Balaban J connectivity index is 3.42. The molecule has 0 unspecified atom stereocenters. The second kappa shape index (κ2) is 5.53. The summed E-state index contributed by atoms with van der Waals surface area (Å²) in [4.78, 5) is 2.11. The molecule has 0 aromatic rings. The molecule has 0 aromatic carbocycles. The molecule has 0 fully saturated rings. The molecule has 0 spiro atoms. The van der Waals surface area contributed by atoms with Crippen LogP contribution >= 0.6 is 0 Å². The summed E-state index contributed by atoms with van der Waals surface area (Å²) in [6.45, 7) is 6.99. The zero-order valence-electron chi connectivity index (χ0n) is 9.11. The maximum absolute atomic E-state index is 12.4. The Morgan fingerprint density at radius 1 is 1.31 bits per heavy atom. The van der Waals surface area contributed by atoms with E-state index in [-0.39, 0.29) is 6.42 Å². The Kier molecular flexibility index (Phi) is 5.45. The fourth-order valence-corrected chi connectivity index (χ4v) is 1.37. The van der Waals surface area contributed by atoms with Gasteiger partial charge in [-0.25, -0.2) is 8.78 Å². The predicted octanol–water partition coefficient (Wildman–Crippen LogP) is 3.01. The third-order valence-corrected chi connectivity index (χ3v) is 1.83. The minimum atomic E-state index is -2.50. The van der Waals surface area contributed by atoms with Gasteiger partial charge in [-0.3, -0.25) is 0 Å². The second-order valence-electron chi connectivity index (χ2n) is 4.33. The van der Waals surface area contributed by atoms with Crippen LogP contribution < -0.4 is 0 Å². The van der Waals surface area contributed by atoms with Crippen LogP contribution in [0.1, 0.15) is 33.6 Å². The van der Waals surface area contributed by atoms with Crippen LogP contribution in [0.15, 0.2) is 0 Å². The highest BCUT2D eigenvalue weighted by Gasteiger charge is 2.20. The summed E-state index contributed by atoms with van der Waals surface area (Å²) in [5, 5.41) is 0. The molecule has 0 aliphatic heterocycles. The Bertz CT molecular complexity index is 129. The van der Waals surface area contributed by atoms with Crippen molar-refractivity contribution in [1.29, 1.82) is 0 Å². The minimum absolute atomic E-state index is 0.00453. The minimum Gasteiger partial charge on any atom is -0.306 e. The topological polar surface area (TPSA) is 3.24 Å². The standard InChI is InChI=1S/C10H21F2N/c1-9(2)8-13(4)7-5-6-10(3,11)12/h9H,5-8H2,1-4H3. The molecule has 0 saturated carbocycles. The van der Waals surface area contributed by atoms with E-state index in [0.29, 0.717) is 12.3 Å². The van der Waals surface area contributed by atoms with Gasteiger partial charge in [0.2, 0.25) is 5.92 Å². The first-order valence-corrected chi connectivity index (χ1v) is 4.87. The molecule has 0 atom stereocenters. The highest BCUT2D eigenvalue weighted by Crippen LogP contribution is 2.18. The van der Waals surface area contributed by atoms with Crippen molar-refractivity contribution in [2.45, 2.75) is 39.5 Å². The van der Waals surface area contributed by atoms with E-state index in [1.807, 2.05) is 7.05 Å². The average molecular weight is 193 g/mol. The molecule has 0 radical (unpaired) electrons. The number of hydrogen-bond donors (Lipinski definition) is 0. The van der Waals surface area contributed by atoms with Crippen LogP contribution in [0.4, 0.5) is 8.78 Å². The van der Waals surface area contributed by atoms with Crippen LogP contribution in [0.5, 0.6) is 0 Å². The first-order valence-electron chi connectivity index (χ1n) is 4.87. The molecular formula is C10H21F2N. The van der Waals surface area contributed by atoms with Gasteiger partial charge in [-0.05, 0) is 32.9 Å². The van der Waals surface area contributed by atoms with Crippen molar-refractivity contribution in [1.82, 2.24) is 4.90 Å². The SMILES string of the molecule is CC(C)CN(C)CCCC(C)(F)F. The lowest BCUT2D eigenvalue weighted by molar-refractivity contribution is 0.00885. The molecule has 80 valence electrons. The van der Waals surface area contributed by atoms with Gasteiger partial charge in [-0.2, -0.15) is 0 Å². The first kappa shape index (κ1) is 12.8. The van der Waals surface area contributed by atoms with Crippen LogP contribution in [-0.2, 0) is 0 Å². The molecule has 0 heterocycles. The quantitative estimate of drug-likeness (QED) is 0.626. The van der Waals surface area contributed by atoms with E-state index in [1.165, 1.54) is 0 Å². The Morgan fingerprint density at radius 3 is 2.23 bits per heavy atom. The largest absolute Gasteiger partial charge is 0.306 e. The van der Waals surface area contributed by atoms with Crippen LogP contribution in [-0.4, -0.2) is 31.0 Å². The molecule has 0 N–H and O–H groups in total. The van der Waals surface area contributed by atoms with Crippen molar-refractivity contribution < 1.29 is 8.78 Å². The van der Waals surface area contributed by atoms with Crippen LogP contribution in [0.2, 0.25) is 0 Å². The zero-order valence-corrected chi connectivity index (χ0v) is 9.11. The van der Waals surface area contributed by atoms with E-state index in [1.54, 1.807) is 0 Å². The van der Waals surface area contributed by atoms with E-state index in [9.17, 15) is 8.78 Å². The van der Waals surface area contributed by atoms with Gasteiger partial charge in [-0.15, -0.1) is 0 Å². The summed E-state index contributed by atoms with van der Waals surface area (Å²) in [5.74, 6) is -1.90. The van der Waals surface area contributed by atoms with E-state index < -0.39 is 5.92 Å². The number of nitrogens with zero attached hydrogens (tertiary/aromatic N) is 1. The Labute approximate surface area is 80.1 Å². The molecule has 3 heteroatoms. The monoisotopic (exact) mass is 193 g/mol. The fraction of sp³-hybridized carbons (Fsp3) is 1.00. The van der Waals surface area contributed by atoms with Crippen LogP contribution in [0.25, 0.3) is 0 Å². The van der Waals surface area contributed by atoms with Gasteiger partial charge in [-0.1, -0.05) is 13.8 Å². The van der Waals surface area contributed by atoms with Crippen LogP contribution in [0.3, 0.4) is 0 Å². The summed E-state index contributed by atoms with van der Waals surface area (Å²) in [6, 6.07) is 0. The van der Waals surface area contributed by atoms with Gasteiger partial charge in [0, 0.05) is 13.0 Å². The predicted molar refractivity (Wildman–Crippen MR) is 52.2 cm³/mol. The van der Waals surface area contributed by atoms with Crippen LogP contribution in [0, 0.1) is 5.92 Å². The lowest BCUT2D eigenvalue weighted by Gasteiger charge is -2.19. The Hall–Kier alpha value is -0.180. The van der Waals surface area contributed by atoms with Gasteiger partial charge < -0.3 is 4.90 Å². The molecular weight excluding hydrogens is 172 g/mol. The molecule has 0 rings (SSSR count). The van der Waals surface area contributed by atoms with Crippen molar-refractivity contribution in [3.8, 4) is 0 Å². The molecule has 0 aromatic heterocycles. The molecule has 1 nitrogen and oxygen atoms in total. The van der Waals surface area contributed by atoms with E-state index >= 15 is 0 Å². The van der Waals surface area contributed by atoms with Gasteiger partial charge in [0.1, 0.15) is 0 Å². The second-order valence-corrected chi connectivity index (χ2v) is 4.33. The van der Waals surface area contributed by atoms with Crippen molar-refractivity contribution in [2.24, 2.45) is 5.92 Å². The summed E-state index contributed by atoms with van der Waals surface area (Å²) in [7, 11) is 1.98. The number of halogens is 2. The van der Waals surface area contributed by atoms with Gasteiger partial charge in [0.05, 0.1) is 0 Å². The van der Waals surface area contributed by atoms with E-state index in [4.69, 9.17) is 0 Å². The number of rotatable bonds is 6. The molecule has 0 aliphatic carbocycles. The summed E-state index contributed by atoms with van der Waals surface area (Å²) in [6.07, 6.45) is 0.572. The summed E-state index contributed by atoms with van der Waals surface area (Å²) < 4.78 is 24.8. The fourth-order valence-electron chi connectivity index (χ4n) is 1.37. The number of hydrogen-bond acceptors (Lipinski definition) is 1. The van der Waals surface area contributed by atoms with Crippen molar-refractivity contribution >= 4 is 0 Å². The summed E-state index contributed by atoms with van der Waals surface area (Å²) >= 11 is 0. The van der Waals surface area contributed by atoms with Gasteiger partial charge in [0.15, 0.2) is 0 Å². The normalized spacial score (nSPS) is 12.9. The highest BCUT2D eigenvalue weighted by atomic mass is 19.3. The molecule has 0 saturated heterocycles. The zero-order chi connectivity index (χ0) is 10.5. The van der Waals surface area contributed by atoms with Crippen molar-refractivity contribution in [3.63, 3.8) is 0 Å². The maximum atomic E-state index is 12.4. The number of alkyl halides is 2. The van der Waals surface area contributed by atoms with Crippen molar-refractivity contribution in [2.75, 3.05) is 20.1 Å². The Morgan fingerprint density at radius 2 is 1.85 bits per heavy atom. The molecule has 0 aliphatic rings. The smallest absolute Gasteiger partial charge is 0.245 e. The molecule has 13 heavy (non-hydrogen) atoms. The molecule has 0 bridgehead atoms. The van der Waals surface area contributed by atoms with E-state index in [2.05, 4.69) is 18.7 Å². The van der Waals surface area contributed by atoms with Crippen molar-refractivity contribution in [3.05, 3.63) is 0 Å². The highest BCUT2D eigenvalue weighted by molar-refractivity contribution is 4.61. The summed E-state index contributed by atoms with van der Waals surface area (Å²) in [5.41, 5.74) is 0. The third kappa shape index (κ3) is 9.74. The third-order valence-electron chi connectivity index (χ3n) is 1.83. The lowest BCUT2D eigenvalue weighted by Crippen LogP contribution is -2.25. The maximum Gasteiger partial charge on any atom is 0.245 e. The van der Waals surface area contributed by atoms with Gasteiger partial charge >= 0.3 is 0 Å². The molecule has 0 amide bonds. The van der Waals surface area contributed by atoms with E-state index in [0.717, 1.165) is 20.0 Å².